The molecule has 1 heterocycles. The van der Waals surface area contributed by atoms with Crippen molar-refractivity contribution in [2.75, 3.05) is 13.2 Å². The van der Waals surface area contributed by atoms with E-state index in [2.05, 4.69) is 24.4 Å². The van der Waals surface area contributed by atoms with Crippen molar-refractivity contribution in [1.29, 1.82) is 0 Å². The van der Waals surface area contributed by atoms with Crippen LogP contribution in [-0.2, 0) is 16.1 Å². The van der Waals surface area contributed by atoms with Crippen LogP contribution in [0.3, 0.4) is 0 Å². The first kappa shape index (κ1) is 12.1. The van der Waals surface area contributed by atoms with E-state index < -0.39 is 0 Å². The maximum absolute atomic E-state index is 11.9. The fourth-order valence-corrected chi connectivity index (χ4v) is 2.12. The molecule has 0 radical (unpaired) electrons. The van der Waals surface area contributed by atoms with E-state index in [1.54, 1.807) is 0 Å². The molecule has 0 aromatic heterocycles. The Morgan fingerprint density at radius 2 is 2.18 bits per heavy atom. The molecule has 1 N–H and O–H groups in total. The van der Waals surface area contributed by atoms with Crippen molar-refractivity contribution in [3.8, 4) is 0 Å². The summed E-state index contributed by atoms with van der Waals surface area (Å²) in [6.45, 7) is 4.10. The van der Waals surface area contributed by atoms with E-state index in [0.29, 0.717) is 19.8 Å². The Labute approximate surface area is 102 Å². The van der Waals surface area contributed by atoms with Crippen molar-refractivity contribution in [2.24, 2.45) is 5.92 Å². The fourth-order valence-electron chi connectivity index (χ4n) is 2.12. The number of benzene rings is 1. The topological polar surface area (TPSA) is 38.3 Å². The van der Waals surface area contributed by atoms with Crippen molar-refractivity contribution in [3.63, 3.8) is 0 Å². The Morgan fingerprint density at radius 3 is 2.88 bits per heavy atom. The summed E-state index contributed by atoms with van der Waals surface area (Å²) in [6, 6.07) is 8.22. The Bertz CT molecular complexity index is 384. The molecule has 92 valence electrons. The quantitative estimate of drug-likeness (QED) is 0.867. The van der Waals surface area contributed by atoms with Gasteiger partial charge < -0.3 is 10.1 Å². The highest BCUT2D eigenvalue weighted by molar-refractivity contribution is 5.78. The molecule has 0 aliphatic carbocycles. The molecule has 1 saturated heterocycles. The molecule has 0 saturated carbocycles. The Kier molecular flexibility index (Phi) is 4.15. The van der Waals surface area contributed by atoms with Gasteiger partial charge in [0.2, 0.25) is 5.91 Å². The average molecular weight is 233 g/mol. The Hall–Kier alpha value is -1.35. The number of nitrogens with one attached hydrogen (secondary N) is 1. The number of aryl methyl sites for hydroxylation is 1. The van der Waals surface area contributed by atoms with E-state index >= 15 is 0 Å². The molecule has 1 aliphatic heterocycles. The summed E-state index contributed by atoms with van der Waals surface area (Å²) < 4.78 is 5.25. The van der Waals surface area contributed by atoms with E-state index in [1.807, 2.05) is 12.1 Å². The lowest BCUT2D eigenvalue weighted by Crippen LogP contribution is -2.33. The lowest BCUT2D eigenvalue weighted by molar-refractivity contribution is -0.128. The van der Waals surface area contributed by atoms with Gasteiger partial charge in [-0.25, -0.2) is 0 Å². The summed E-state index contributed by atoms with van der Waals surface area (Å²) in [6.07, 6.45) is 1.69. The van der Waals surface area contributed by atoms with Gasteiger partial charge in [0.1, 0.15) is 0 Å². The zero-order valence-electron chi connectivity index (χ0n) is 10.2. The number of ether oxygens (including phenoxy) is 1. The summed E-state index contributed by atoms with van der Waals surface area (Å²) in [7, 11) is 0. The van der Waals surface area contributed by atoms with E-state index in [0.717, 1.165) is 18.4 Å². The van der Waals surface area contributed by atoms with Crippen LogP contribution >= 0.6 is 0 Å². The van der Waals surface area contributed by atoms with E-state index in [1.165, 1.54) is 5.56 Å². The van der Waals surface area contributed by atoms with Crippen molar-refractivity contribution < 1.29 is 9.53 Å². The second kappa shape index (κ2) is 5.82. The summed E-state index contributed by atoms with van der Waals surface area (Å²) in [5.74, 6) is 0.295. The first-order valence-electron chi connectivity index (χ1n) is 6.17. The van der Waals surface area contributed by atoms with Crippen LogP contribution in [0.1, 0.15) is 24.0 Å². The molecule has 0 atom stereocenters. The lowest BCUT2D eigenvalue weighted by Gasteiger charge is -2.21. The highest BCUT2D eigenvalue weighted by Crippen LogP contribution is 2.14. The van der Waals surface area contributed by atoms with Crippen molar-refractivity contribution >= 4 is 5.91 Å². The predicted octanol–water partition coefficient (Wildman–Crippen LogP) is 2.04. The molecule has 0 unspecified atom stereocenters. The molecular formula is C14H19NO2. The largest absolute Gasteiger partial charge is 0.381 e. The zero-order chi connectivity index (χ0) is 12.1. The third-order valence-electron chi connectivity index (χ3n) is 3.14. The molecule has 1 aliphatic rings. The normalized spacial score (nSPS) is 16.8. The Morgan fingerprint density at radius 1 is 1.41 bits per heavy atom. The van der Waals surface area contributed by atoms with Crippen LogP contribution < -0.4 is 5.32 Å². The third kappa shape index (κ3) is 3.56. The van der Waals surface area contributed by atoms with Gasteiger partial charge in [0, 0.05) is 25.7 Å². The van der Waals surface area contributed by atoms with Gasteiger partial charge in [0.05, 0.1) is 0 Å². The summed E-state index contributed by atoms with van der Waals surface area (Å²) in [4.78, 5) is 11.9. The summed E-state index contributed by atoms with van der Waals surface area (Å²) in [5, 5.41) is 3.00. The number of amides is 1. The number of carbonyl (C=O) groups excluding carboxylic acids is 1. The SMILES string of the molecule is Cc1cccc(CNC(=O)C2CCOCC2)c1. The van der Waals surface area contributed by atoms with Crippen LogP contribution in [0.25, 0.3) is 0 Å². The van der Waals surface area contributed by atoms with Crippen LogP contribution in [-0.4, -0.2) is 19.1 Å². The molecule has 0 spiro atoms. The van der Waals surface area contributed by atoms with Gasteiger partial charge in [-0.05, 0) is 25.3 Å². The minimum Gasteiger partial charge on any atom is -0.381 e. The van der Waals surface area contributed by atoms with E-state index in [4.69, 9.17) is 4.74 Å². The van der Waals surface area contributed by atoms with Crippen LogP contribution in [0, 0.1) is 12.8 Å². The molecule has 1 amide bonds. The number of carbonyl (C=O) groups is 1. The minimum absolute atomic E-state index is 0.133. The number of hydrogen-bond donors (Lipinski definition) is 1. The smallest absolute Gasteiger partial charge is 0.223 e. The molecule has 3 heteroatoms. The van der Waals surface area contributed by atoms with Crippen LogP contribution in [0.2, 0.25) is 0 Å². The number of rotatable bonds is 3. The van der Waals surface area contributed by atoms with Gasteiger partial charge in [0.25, 0.3) is 0 Å². The monoisotopic (exact) mass is 233 g/mol. The van der Waals surface area contributed by atoms with Crippen LogP contribution in [0.15, 0.2) is 24.3 Å². The van der Waals surface area contributed by atoms with Gasteiger partial charge in [-0.15, -0.1) is 0 Å². The third-order valence-corrected chi connectivity index (χ3v) is 3.14. The first-order valence-corrected chi connectivity index (χ1v) is 6.17. The van der Waals surface area contributed by atoms with E-state index in [-0.39, 0.29) is 11.8 Å². The first-order chi connectivity index (χ1) is 8.25. The summed E-state index contributed by atoms with van der Waals surface area (Å²) in [5.41, 5.74) is 2.38. The maximum atomic E-state index is 11.9. The van der Waals surface area contributed by atoms with Gasteiger partial charge in [0.15, 0.2) is 0 Å². The molecular weight excluding hydrogens is 214 g/mol. The minimum atomic E-state index is 0.133. The van der Waals surface area contributed by atoms with Gasteiger partial charge in [-0.3, -0.25) is 4.79 Å². The molecule has 2 rings (SSSR count). The predicted molar refractivity (Wildman–Crippen MR) is 66.6 cm³/mol. The van der Waals surface area contributed by atoms with E-state index in [9.17, 15) is 4.79 Å². The highest BCUT2D eigenvalue weighted by Gasteiger charge is 2.20. The second-order valence-electron chi connectivity index (χ2n) is 4.59. The van der Waals surface area contributed by atoms with Gasteiger partial charge in [-0.2, -0.15) is 0 Å². The maximum Gasteiger partial charge on any atom is 0.223 e. The molecule has 0 bridgehead atoms. The molecule has 3 nitrogen and oxygen atoms in total. The lowest BCUT2D eigenvalue weighted by atomic mass is 9.99. The van der Waals surface area contributed by atoms with Gasteiger partial charge >= 0.3 is 0 Å². The van der Waals surface area contributed by atoms with Crippen molar-refractivity contribution in [2.45, 2.75) is 26.3 Å². The molecule has 17 heavy (non-hydrogen) atoms. The summed E-state index contributed by atoms with van der Waals surface area (Å²) >= 11 is 0. The van der Waals surface area contributed by atoms with Crippen molar-refractivity contribution in [1.82, 2.24) is 5.32 Å². The van der Waals surface area contributed by atoms with Crippen molar-refractivity contribution in [3.05, 3.63) is 35.4 Å². The molecule has 1 fully saturated rings. The average Bonchev–Trinajstić information content (AvgIpc) is 2.37. The molecule has 1 aromatic carbocycles. The molecule has 1 aromatic rings. The van der Waals surface area contributed by atoms with Crippen LogP contribution in [0.4, 0.5) is 0 Å². The number of hydrogen-bond acceptors (Lipinski definition) is 2. The second-order valence-corrected chi connectivity index (χ2v) is 4.59. The highest BCUT2D eigenvalue weighted by atomic mass is 16.5. The standard InChI is InChI=1S/C14H19NO2/c1-11-3-2-4-12(9-11)10-15-14(16)13-5-7-17-8-6-13/h2-4,9,13H,5-8,10H2,1H3,(H,15,16). The fraction of sp³-hybridized carbons (Fsp3) is 0.500. The van der Waals surface area contributed by atoms with Crippen LogP contribution in [0.5, 0.6) is 0 Å². The Balaban J connectivity index is 1.83. The van der Waals surface area contributed by atoms with Gasteiger partial charge in [-0.1, -0.05) is 29.8 Å². The zero-order valence-corrected chi connectivity index (χ0v) is 10.2.